The fourth-order valence-electron chi connectivity index (χ4n) is 4.90. The zero-order chi connectivity index (χ0) is 24.5. The molecule has 0 aliphatic carbocycles. The number of hydrogen-bond donors (Lipinski definition) is 1. The van der Waals surface area contributed by atoms with Crippen LogP contribution in [0.3, 0.4) is 0 Å². The van der Waals surface area contributed by atoms with Crippen molar-refractivity contribution in [3.8, 4) is 11.5 Å². The molecule has 190 valence electrons. The lowest BCUT2D eigenvalue weighted by Crippen LogP contribution is -2.51. The summed E-state index contributed by atoms with van der Waals surface area (Å²) in [4.78, 5) is 18.5. The number of benzene rings is 2. The molecular formula is C28H39N3O4. The standard InChI is InChI=1S/C28H39N3O4/c1-24(32)31-17-16-30(21-28(33,22-31)23-35-26-8-4-2-5-9-26)20-25-10-12-27(13-11-25)34-19-18-29-14-6-3-7-15-29/h2,4-5,8-13,33H,3,6-7,14-23H2,1H3/t28-/m1/s1. The maximum absolute atomic E-state index is 12.1. The van der Waals surface area contributed by atoms with E-state index in [1.165, 1.54) is 32.4 Å². The summed E-state index contributed by atoms with van der Waals surface area (Å²) in [5, 5.41) is 11.4. The Morgan fingerprint density at radius 2 is 1.57 bits per heavy atom. The molecule has 1 N–H and O–H groups in total. The van der Waals surface area contributed by atoms with Gasteiger partial charge < -0.3 is 19.5 Å². The highest BCUT2D eigenvalue weighted by Crippen LogP contribution is 2.21. The smallest absolute Gasteiger partial charge is 0.219 e. The Kier molecular flexibility index (Phi) is 9.01. The Balaban J connectivity index is 1.32. The van der Waals surface area contributed by atoms with Crippen molar-refractivity contribution in [3.05, 3.63) is 60.2 Å². The van der Waals surface area contributed by atoms with Gasteiger partial charge in [-0.2, -0.15) is 0 Å². The SMILES string of the molecule is CC(=O)N1CCN(Cc2ccc(OCCN3CCCCC3)cc2)C[C@](O)(COc2ccccc2)C1. The van der Waals surface area contributed by atoms with Crippen LogP contribution in [0.4, 0.5) is 0 Å². The zero-order valence-electron chi connectivity index (χ0n) is 20.9. The molecule has 0 saturated carbocycles. The molecule has 0 aromatic heterocycles. The van der Waals surface area contributed by atoms with Gasteiger partial charge in [0.25, 0.3) is 0 Å². The van der Waals surface area contributed by atoms with Gasteiger partial charge in [0.1, 0.15) is 30.3 Å². The number of hydrogen-bond acceptors (Lipinski definition) is 6. The molecule has 1 atom stereocenters. The van der Waals surface area contributed by atoms with Crippen molar-refractivity contribution in [1.82, 2.24) is 14.7 Å². The topological polar surface area (TPSA) is 65.5 Å². The Morgan fingerprint density at radius 1 is 0.857 bits per heavy atom. The molecule has 2 aliphatic rings. The number of ether oxygens (including phenoxy) is 2. The van der Waals surface area contributed by atoms with Crippen LogP contribution in [0.15, 0.2) is 54.6 Å². The van der Waals surface area contributed by atoms with Crippen molar-refractivity contribution in [2.24, 2.45) is 0 Å². The lowest BCUT2D eigenvalue weighted by molar-refractivity contribution is -0.132. The summed E-state index contributed by atoms with van der Waals surface area (Å²) in [5.41, 5.74) is -0.00817. The molecule has 0 bridgehead atoms. The van der Waals surface area contributed by atoms with Crippen molar-refractivity contribution in [2.75, 3.05) is 59.0 Å². The van der Waals surface area contributed by atoms with Gasteiger partial charge in [0.05, 0.1) is 6.54 Å². The van der Waals surface area contributed by atoms with Crippen LogP contribution in [0.1, 0.15) is 31.7 Å². The number of β-amino-alcohol motifs (C(OH)–C–C–N with tert-alkyl or cyclic N) is 1. The number of likely N-dealkylation sites (tertiary alicyclic amines) is 1. The Hall–Kier alpha value is -2.61. The molecule has 7 heteroatoms. The van der Waals surface area contributed by atoms with Crippen molar-refractivity contribution < 1.29 is 19.4 Å². The molecule has 2 heterocycles. The number of rotatable bonds is 9. The maximum atomic E-state index is 12.1. The monoisotopic (exact) mass is 481 g/mol. The first kappa shape index (κ1) is 25.5. The Morgan fingerprint density at radius 3 is 2.29 bits per heavy atom. The minimum absolute atomic E-state index is 0.0314. The van der Waals surface area contributed by atoms with E-state index in [9.17, 15) is 9.90 Å². The molecule has 2 aliphatic heterocycles. The summed E-state index contributed by atoms with van der Waals surface area (Å²) in [5.74, 6) is 1.56. The third kappa shape index (κ3) is 7.95. The van der Waals surface area contributed by atoms with E-state index in [1.807, 2.05) is 42.5 Å². The highest BCUT2D eigenvalue weighted by Gasteiger charge is 2.36. The molecule has 1 amide bonds. The van der Waals surface area contributed by atoms with E-state index in [0.29, 0.717) is 38.5 Å². The van der Waals surface area contributed by atoms with Gasteiger partial charge in [0, 0.05) is 39.6 Å². The third-order valence-electron chi connectivity index (χ3n) is 6.84. The summed E-state index contributed by atoms with van der Waals surface area (Å²) in [7, 11) is 0. The second kappa shape index (κ2) is 12.4. The number of carbonyl (C=O) groups is 1. The average molecular weight is 482 g/mol. The molecule has 0 radical (unpaired) electrons. The number of amides is 1. The van der Waals surface area contributed by atoms with Crippen LogP contribution < -0.4 is 9.47 Å². The normalized spacial score (nSPS) is 21.9. The van der Waals surface area contributed by atoms with Crippen molar-refractivity contribution >= 4 is 5.91 Å². The van der Waals surface area contributed by atoms with E-state index >= 15 is 0 Å². The Labute approximate surface area is 209 Å². The predicted molar refractivity (Wildman–Crippen MR) is 137 cm³/mol. The molecule has 35 heavy (non-hydrogen) atoms. The molecule has 2 aromatic carbocycles. The lowest BCUT2D eigenvalue weighted by Gasteiger charge is -2.32. The summed E-state index contributed by atoms with van der Waals surface area (Å²) in [6.45, 7) is 8.39. The van der Waals surface area contributed by atoms with Crippen LogP contribution >= 0.6 is 0 Å². The molecule has 4 rings (SSSR count). The van der Waals surface area contributed by atoms with E-state index in [2.05, 4.69) is 21.9 Å². The highest BCUT2D eigenvalue weighted by atomic mass is 16.5. The summed E-state index contributed by atoms with van der Waals surface area (Å²) in [6.07, 6.45) is 3.94. The van der Waals surface area contributed by atoms with Gasteiger partial charge in [-0.05, 0) is 55.8 Å². The van der Waals surface area contributed by atoms with E-state index in [-0.39, 0.29) is 19.1 Å². The molecule has 2 fully saturated rings. The molecule has 0 unspecified atom stereocenters. The number of nitrogens with zero attached hydrogens (tertiary/aromatic N) is 3. The first-order valence-electron chi connectivity index (χ1n) is 12.8. The fourth-order valence-corrected chi connectivity index (χ4v) is 4.90. The fraction of sp³-hybridized carbons (Fsp3) is 0.536. The number of para-hydroxylation sites is 1. The first-order valence-corrected chi connectivity index (χ1v) is 12.8. The van der Waals surface area contributed by atoms with E-state index in [4.69, 9.17) is 9.47 Å². The van der Waals surface area contributed by atoms with Crippen LogP contribution in [0.25, 0.3) is 0 Å². The van der Waals surface area contributed by atoms with Crippen LogP contribution in [0.5, 0.6) is 11.5 Å². The number of piperidine rings is 1. The van der Waals surface area contributed by atoms with E-state index < -0.39 is 5.60 Å². The Bertz CT molecular complexity index is 918. The molecule has 0 spiro atoms. The van der Waals surface area contributed by atoms with Crippen LogP contribution in [-0.2, 0) is 11.3 Å². The van der Waals surface area contributed by atoms with E-state index in [1.54, 1.807) is 11.8 Å². The van der Waals surface area contributed by atoms with Gasteiger partial charge >= 0.3 is 0 Å². The summed E-state index contributed by atoms with van der Waals surface area (Å²) in [6, 6.07) is 17.7. The van der Waals surface area contributed by atoms with Crippen LogP contribution in [0.2, 0.25) is 0 Å². The molecule has 2 saturated heterocycles. The van der Waals surface area contributed by atoms with Gasteiger partial charge in [-0.25, -0.2) is 0 Å². The summed E-state index contributed by atoms with van der Waals surface area (Å²) < 4.78 is 11.9. The lowest BCUT2D eigenvalue weighted by atomic mass is 10.0. The predicted octanol–water partition coefficient (Wildman–Crippen LogP) is 3.03. The average Bonchev–Trinajstić information content (AvgIpc) is 3.04. The minimum Gasteiger partial charge on any atom is -0.492 e. The number of carbonyl (C=O) groups excluding carboxylic acids is 1. The maximum Gasteiger partial charge on any atom is 0.219 e. The molecular weight excluding hydrogens is 442 g/mol. The van der Waals surface area contributed by atoms with Crippen LogP contribution in [-0.4, -0.2) is 90.3 Å². The van der Waals surface area contributed by atoms with Gasteiger partial charge in [-0.1, -0.05) is 36.8 Å². The molecule has 2 aromatic rings. The minimum atomic E-state index is -1.16. The van der Waals surface area contributed by atoms with Gasteiger partial charge in [0.2, 0.25) is 5.91 Å². The highest BCUT2D eigenvalue weighted by molar-refractivity contribution is 5.73. The van der Waals surface area contributed by atoms with Gasteiger partial charge in [-0.15, -0.1) is 0 Å². The second-order valence-electron chi connectivity index (χ2n) is 9.87. The van der Waals surface area contributed by atoms with Crippen molar-refractivity contribution in [1.29, 1.82) is 0 Å². The van der Waals surface area contributed by atoms with Crippen LogP contribution in [0, 0.1) is 0 Å². The summed E-state index contributed by atoms with van der Waals surface area (Å²) >= 11 is 0. The number of aliphatic hydroxyl groups is 1. The third-order valence-corrected chi connectivity index (χ3v) is 6.84. The quantitative estimate of drug-likeness (QED) is 0.594. The second-order valence-corrected chi connectivity index (χ2v) is 9.87. The van der Waals surface area contributed by atoms with Crippen molar-refractivity contribution in [3.63, 3.8) is 0 Å². The van der Waals surface area contributed by atoms with E-state index in [0.717, 1.165) is 17.9 Å². The largest absolute Gasteiger partial charge is 0.492 e. The van der Waals surface area contributed by atoms with Gasteiger partial charge in [-0.3, -0.25) is 14.6 Å². The first-order chi connectivity index (χ1) is 17.0. The van der Waals surface area contributed by atoms with Gasteiger partial charge in [0.15, 0.2) is 0 Å². The van der Waals surface area contributed by atoms with Crippen molar-refractivity contribution in [2.45, 2.75) is 38.3 Å². The zero-order valence-corrected chi connectivity index (χ0v) is 20.9. The molecule has 7 nitrogen and oxygen atoms in total.